The van der Waals surface area contributed by atoms with Gasteiger partial charge in [0.15, 0.2) is 5.82 Å². The molecule has 1 N–H and O–H groups in total. The van der Waals surface area contributed by atoms with Crippen LogP contribution < -0.4 is 0 Å². The smallest absolute Gasteiger partial charge is 0.325 e. The summed E-state index contributed by atoms with van der Waals surface area (Å²) in [5.74, 6) is -0.546. The summed E-state index contributed by atoms with van der Waals surface area (Å²) in [6.45, 7) is 2.60. The van der Waals surface area contributed by atoms with Gasteiger partial charge in [0.25, 0.3) is 0 Å². The summed E-state index contributed by atoms with van der Waals surface area (Å²) in [6, 6.07) is 0. The molecule has 0 bridgehead atoms. The molecule has 14 heavy (non-hydrogen) atoms. The number of carboxylic acids is 1. The van der Waals surface area contributed by atoms with Crippen molar-refractivity contribution in [3.05, 3.63) is 5.82 Å². The molecule has 0 saturated heterocycles. The Morgan fingerprint density at radius 1 is 1.64 bits per heavy atom. The summed E-state index contributed by atoms with van der Waals surface area (Å²) < 4.78 is 6.40. The number of aromatic nitrogens is 4. The Bertz CT molecular complexity index is 299. The lowest BCUT2D eigenvalue weighted by atomic mass is 10.5. The standard InChI is InChI=1S/C7H12N4O3/c1-2-3-14-5-6-8-9-10-11(6)4-7(12)13/h2-5H2,1H3,(H,12,13). The lowest BCUT2D eigenvalue weighted by Crippen LogP contribution is -2.14. The minimum atomic E-state index is -0.978. The zero-order valence-corrected chi connectivity index (χ0v) is 7.88. The second-order valence-corrected chi connectivity index (χ2v) is 2.70. The van der Waals surface area contributed by atoms with Crippen molar-refractivity contribution in [1.29, 1.82) is 0 Å². The van der Waals surface area contributed by atoms with Crippen LogP contribution in [0.5, 0.6) is 0 Å². The van der Waals surface area contributed by atoms with Gasteiger partial charge in [-0.1, -0.05) is 6.92 Å². The SMILES string of the molecule is CCCOCc1nnnn1CC(=O)O. The summed E-state index contributed by atoms with van der Waals surface area (Å²) >= 11 is 0. The van der Waals surface area contributed by atoms with Gasteiger partial charge in [-0.2, -0.15) is 0 Å². The Kier molecular flexibility index (Phi) is 3.99. The number of nitrogens with zero attached hydrogens (tertiary/aromatic N) is 4. The van der Waals surface area contributed by atoms with Crippen LogP contribution in [0.2, 0.25) is 0 Å². The van der Waals surface area contributed by atoms with Crippen LogP contribution >= 0.6 is 0 Å². The van der Waals surface area contributed by atoms with Gasteiger partial charge in [-0.15, -0.1) is 5.10 Å². The lowest BCUT2D eigenvalue weighted by Gasteiger charge is -2.01. The third-order valence-electron chi connectivity index (χ3n) is 1.47. The molecule has 1 rings (SSSR count). The number of carbonyl (C=O) groups is 1. The first-order chi connectivity index (χ1) is 6.74. The van der Waals surface area contributed by atoms with E-state index in [4.69, 9.17) is 9.84 Å². The van der Waals surface area contributed by atoms with Crippen LogP contribution in [0, 0.1) is 0 Å². The van der Waals surface area contributed by atoms with Crippen molar-refractivity contribution >= 4 is 5.97 Å². The molecule has 0 aromatic carbocycles. The van der Waals surface area contributed by atoms with Crippen LogP contribution in [-0.2, 0) is 22.7 Å². The van der Waals surface area contributed by atoms with Crippen LogP contribution in [0.4, 0.5) is 0 Å². The van der Waals surface area contributed by atoms with Gasteiger partial charge in [0, 0.05) is 6.61 Å². The van der Waals surface area contributed by atoms with Gasteiger partial charge < -0.3 is 9.84 Å². The van der Waals surface area contributed by atoms with Gasteiger partial charge in [-0.05, 0) is 16.8 Å². The number of aliphatic carboxylic acids is 1. The molecule has 0 amide bonds. The minimum Gasteiger partial charge on any atom is -0.480 e. The van der Waals surface area contributed by atoms with Crippen LogP contribution in [0.3, 0.4) is 0 Å². The van der Waals surface area contributed by atoms with E-state index < -0.39 is 5.97 Å². The summed E-state index contributed by atoms with van der Waals surface area (Å²) in [7, 11) is 0. The maximum atomic E-state index is 10.4. The lowest BCUT2D eigenvalue weighted by molar-refractivity contribution is -0.138. The van der Waals surface area contributed by atoms with E-state index in [9.17, 15) is 4.79 Å². The Labute approximate surface area is 80.7 Å². The zero-order valence-electron chi connectivity index (χ0n) is 7.88. The normalized spacial score (nSPS) is 10.4. The topological polar surface area (TPSA) is 90.1 Å². The third kappa shape index (κ3) is 3.09. The van der Waals surface area contributed by atoms with E-state index in [0.717, 1.165) is 6.42 Å². The highest BCUT2D eigenvalue weighted by Crippen LogP contribution is 1.95. The van der Waals surface area contributed by atoms with E-state index in [2.05, 4.69) is 15.5 Å². The van der Waals surface area contributed by atoms with Gasteiger partial charge in [-0.3, -0.25) is 4.79 Å². The van der Waals surface area contributed by atoms with Crippen molar-refractivity contribution in [3.8, 4) is 0 Å². The Balaban J connectivity index is 2.49. The van der Waals surface area contributed by atoms with E-state index in [1.54, 1.807) is 0 Å². The first-order valence-electron chi connectivity index (χ1n) is 4.28. The quantitative estimate of drug-likeness (QED) is 0.633. The van der Waals surface area contributed by atoms with E-state index >= 15 is 0 Å². The van der Waals surface area contributed by atoms with Gasteiger partial charge in [-0.25, -0.2) is 4.68 Å². The monoisotopic (exact) mass is 200 g/mol. The van der Waals surface area contributed by atoms with Crippen LogP contribution in [0.15, 0.2) is 0 Å². The summed E-state index contributed by atoms with van der Waals surface area (Å²) in [5.41, 5.74) is 0. The van der Waals surface area contributed by atoms with Gasteiger partial charge in [0.2, 0.25) is 0 Å². The fraction of sp³-hybridized carbons (Fsp3) is 0.714. The van der Waals surface area contributed by atoms with Crippen molar-refractivity contribution in [2.45, 2.75) is 26.5 Å². The number of tetrazole rings is 1. The van der Waals surface area contributed by atoms with E-state index in [1.807, 2.05) is 6.92 Å². The highest BCUT2D eigenvalue weighted by Gasteiger charge is 2.08. The van der Waals surface area contributed by atoms with E-state index in [1.165, 1.54) is 4.68 Å². The molecule has 78 valence electrons. The molecule has 1 aromatic heterocycles. The first-order valence-corrected chi connectivity index (χ1v) is 4.28. The van der Waals surface area contributed by atoms with E-state index in [-0.39, 0.29) is 13.2 Å². The highest BCUT2D eigenvalue weighted by atomic mass is 16.5. The molecule has 1 heterocycles. The van der Waals surface area contributed by atoms with Crippen molar-refractivity contribution in [2.75, 3.05) is 6.61 Å². The zero-order chi connectivity index (χ0) is 10.4. The third-order valence-corrected chi connectivity index (χ3v) is 1.47. The summed E-state index contributed by atoms with van der Waals surface area (Å²) in [6.07, 6.45) is 0.903. The molecule has 7 nitrogen and oxygen atoms in total. The molecule has 0 aliphatic carbocycles. The second-order valence-electron chi connectivity index (χ2n) is 2.70. The Morgan fingerprint density at radius 3 is 3.07 bits per heavy atom. The fourth-order valence-corrected chi connectivity index (χ4v) is 0.885. The van der Waals surface area contributed by atoms with Crippen molar-refractivity contribution in [2.24, 2.45) is 0 Å². The molecule has 0 saturated carbocycles. The largest absolute Gasteiger partial charge is 0.480 e. The van der Waals surface area contributed by atoms with Crippen LogP contribution in [0.1, 0.15) is 19.2 Å². The molecule has 7 heteroatoms. The van der Waals surface area contributed by atoms with Crippen molar-refractivity contribution < 1.29 is 14.6 Å². The molecule has 0 fully saturated rings. The van der Waals surface area contributed by atoms with Gasteiger partial charge in [0.05, 0.1) is 0 Å². The molecule has 1 aromatic rings. The predicted molar refractivity (Wildman–Crippen MR) is 45.4 cm³/mol. The average Bonchev–Trinajstić information content (AvgIpc) is 2.52. The summed E-state index contributed by atoms with van der Waals surface area (Å²) in [4.78, 5) is 10.4. The average molecular weight is 200 g/mol. The fourth-order valence-electron chi connectivity index (χ4n) is 0.885. The second kappa shape index (κ2) is 5.28. The predicted octanol–water partition coefficient (Wildman–Crippen LogP) is -0.316. The Morgan fingerprint density at radius 2 is 2.43 bits per heavy atom. The maximum Gasteiger partial charge on any atom is 0.325 e. The molecule has 0 atom stereocenters. The first kappa shape index (κ1) is 10.6. The maximum absolute atomic E-state index is 10.4. The molecular formula is C7H12N4O3. The number of ether oxygens (including phenoxy) is 1. The minimum absolute atomic E-state index is 0.238. The van der Waals surface area contributed by atoms with Gasteiger partial charge in [0.1, 0.15) is 13.2 Å². The van der Waals surface area contributed by atoms with Crippen molar-refractivity contribution in [3.63, 3.8) is 0 Å². The molecule has 0 radical (unpaired) electrons. The molecule has 0 aliphatic rings. The molecular weight excluding hydrogens is 188 g/mol. The number of hydrogen-bond donors (Lipinski definition) is 1. The van der Waals surface area contributed by atoms with Crippen LogP contribution in [0.25, 0.3) is 0 Å². The number of carboxylic acid groups (broad SMARTS) is 1. The van der Waals surface area contributed by atoms with E-state index in [0.29, 0.717) is 12.4 Å². The van der Waals surface area contributed by atoms with Gasteiger partial charge >= 0.3 is 5.97 Å². The summed E-state index contributed by atoms with van der Waals surface area (Å²) in [5, 5.41) is 19.1. The molecule has 0 spiro atoms. The number of hydrogen-bond acceptors (Lipinski definition) is 5. The molecule has 0 aliphatic heterocycles. The Hall–Kier alpha value is -1.50. The van der Waals surface area contributed by atoms with Crippen molar-refractivity contribution in [1.82, 2.24) is 20.2 Å². The highest BCUT2D eigenvalue weighted by molar-refractivity contribution is 5.66. The van der Waals surface area contributed by atoms with Crippen LogP contribution in [-0.4, -0.2) is 37.9 Å². The molecule has 0 unspecified atom stereocenters. The number of rotatable bonds is 6.